The molecule has 0 aromatic rings. The Balaban J connectivity index is 2.31. The number of likely N-dealkylation sites (tertiary alicyclic amines) is 1. The van der Waals surface area contributed by atoms with Crippen molar-refractivity contribution in [1.82, 2.24) is 10.2 Å². The van der Waals surface area contributed by atoms with Gasteiger partial charge in [0.25, 0.3) is 0 Å². The quantitative estimate of drug-likeness (QED) is 0.739. The summed E-state index contributed by atoms with van der Waals surface area (Å²) in [6.07, 6.45) is 3.99. The first-order valence-corrected chi connectivity index (χ1v) is 5.91. The van der Waals surface area contributed by atoms with Crippen molar-refractivity contribution in [2.24, 2.45) is 5.92 Å². The van der Waals surface area contributed by atoms with Crippen molar-refractivity contribution in [3.63, 3.8) is 0 Å². The Bertz CT molecular complexity index is 195. The average Bonchev–Trinajstić information content (AvgIpc) is 2.27. The first-order chi connectivity index (χ1) is 7.27. The second kappa shape index (κ2) is 6.67. The molecule has 0 radical (unpaired) electrons. The monoisotopic (exact) mass is 214 g/mol. The Morgan fingerprint density at radius 2 is 2.40 bits per heavy atom. The molecule has 0 bridgehead atoms. The zero-order valence-corrected chi connectivity index (χ0v) is 9.54. The van der Waals surface area contributed by atoms with Gasteiger partial charge in [-0.15, -0.1) is 0 Å². The fourth-order valence-corrected chi connectivity index (χ4v) is 2.01. The predicted molar refractivity (Wildman–Crippen MR) is 59.7 cm³/mol. The number of aliphatic hydroxyl groups excluding tert-OH is 1. The zero-order chi connectivity index (χ0) is 11.1. The first-order valence-electron chi connectivity index (χ1n) is 5.91. The van der Waals surface area contributed by atoms with Crippen LogP contribution in [0.3, 0.4) is 0 Å². The Labute approximate surface area is 91.6 Å². The SMILES string of the molecule is CCCNC(=O)N1CCCC(CCO)C1. The van der Waals surface area contributed by atoms with Crippen LogP contribution in [0.15, 0.2) is 0 Å². The molecule has 0 spiro atoms. The van der Waals surface area contributed by atoms with Gasteiger partial charge in [-0.05, 0) is 31.6 Å². The van der Waals surface area contributed by atoms with Crippen molar-refractivity contribution in [2.75, 3.05) is 26.2 Å². The first kappa shape index (κ1) is 12.3. The third kappa shape index (κ3) is 4.08. The number of urea groups is 1. The van der Waals surface area contributed by atoms with Crippen LogP contribution < -0.4 is 5.32 Å². The molecule has 1 fully saturated rings. The van der Waals surface area contributed by atoms with Gasteiger partial charge in [0.05, 0.1) is 0 Å². The molecule has 2 N–H and O–H groups in total. The maximum Gasteiger partial charge on any atom is 0.317 e. The third-order valence-corrected chi connectivity index (χ3v) is 2.87. The van der Waals surface area contributed by atoms with Crippen LogP contribution in [0.25, 0.3) is 0 Å². The number of carbonyl (C=O) groups is 1. The second-order valence-electron chi connectivity index (χ2n) is 4.20. The number of hydrogen-bond donors (Lipinski definition) is 2. The fraction of sp³-hybridized carbons (Fsp3) is 0.909. The standard InChI is InChI=1S/C11H22N2O2/c1-2-6-12-11(15)13-7-3-4-10(9-13)5-8-14/h10,14H,2-9H2,1H3,(H,12,15). The van der Waals surface area contributed by atoms with Crippen molar-refractivity contribution >= 4 is 6.03 Å². The van der Waals surface area contributed by atoms with Crippen molar-refractivity contribution in [3.8, 4) is 0 Å². The number of piperidine rings is 1. The summed E-state index contributed by atoms with van der Waals surface area (Å²) in [6.45, 7) is 4.69. The van der Waals surface area contributed by atoms with E-state index in [4.69, 9.17) is 5.11 Å². The summed E-state index contributed by atoms with van der Waals surface area (Å²) >= 11 is 0. The number of hydrogen-bond acceptors (Lipinski definition) is 2. The minimum atomic E-state index is 0.0551. The molecule has 0 aliphatic carbocycles. The molecule has 1 aliphatic rings. The molecule has 0 saturated carbocycles. The van der Waals surface area contributed by atoms with Gasteiger partial charge in [0.2, 0.25) is 0 Å². The molecule has 0 aromatic heterocycles. The van der Waals surface area contributed by atoms with E-state index in [0.717, 1.165) is 45.3 Å². The van der Waals surface area contributed by atoms with Crippen LogP contribution in [-0.4, -0.2) is 42.3 Å². The van der Waals surface area contributed by atoms with Crippen molar-refractivity contribution in [2.45, 2.75) is 32.6 Å². The highest BCUT2D eigenvalue weighted by atomic mass is 16.3. The van der Waals surface area contributed by atoms with Crippen LogP contribution in [-0.2, 0) is 0 Å². The van der Waals surface area contributed by atoms with Crippen LogP contribution in [0, 0.1) is 5.92 Å². The lowest BCUT2D eigenvalue weighted by atomic mass is 9.95. The van der Waals surface area contributed by atoms with E-state index >= 15 is 0 Å². The maximum atomic E-state index is 11.7. The van der Waals surface area contributed by atoms with Gasteiger partial charge in [-0.2, -0.15) is 0 Å². The van der Waals surface area contributed by atoms with Gasteiger partial charge in [-0.3, -0.25) is 0 Å². The summed E-state index contributed by atoms with van der Waals surface area (Å²) in [5.41, 5.74) is 0. The Morgan fingerprint density at radius 3 is 3.07 bits per heavy atom. The highest BCUT2D eigenvalue weighted by Gasteiger charge is 2.22. The minimum Gasteiger partial charge on any atom is -0.396 e. The molecule has 15 heavy (non-hydrogen) atoms. The van der Waals surface area contributed by atoms with Gasteiger partial charge in [0.1, 0.15) is 0 Å². The van der Waals surface area contributed by atoms with Gasteiger partial charge in [0.15, 0.2) is 0 Å². The molecule has 1 heterocycles. The largest absolute Gasteiger partial charge is 0.396 e. The average molecular weight is 214 g/mol. The molecule has 1 saturated heterocycles. The Kier molecular flexibility index (Phi) is 5.47. The molecule has 1 atom stereocenters. The van der Waals surface area contributed by atoms with E-state index in [9.17, 15) is 4.79 Å². The van der Waals surface area contributed by atoms with E-state index in [0.29, 0.717) is 5.92 Å². The molecule has 1 rings (SSSR count). The lowest BCUT2D eigenvalue weighted by Crippen LogP contribution is -2.45. The number of amides is 2. The number of carbonyl (C=O) groups excluding carboxylic acids is 1. The van der Waals surface area contributed by atoms with E-state index in [2.05, 4.69) is 5.32 Å². The second-order valence-corrected chi connectivity index (χ2v) is 4.20. The van der Waals surface area contributed by atoms with Crippen LogP contribution in [0.1, 0.15) is 32.6 Å². The van der Waals surface area contributed by atoms with Crippen molar-refractivity contribution in [3.05, 3.63) is 0 Å². The summed E-state index contributed by atoms with van der Waals surface area (Å²) < 4.78 is 0. The molecule has 1 aliphatic heterocycles. The molecule has 1 unspecified atom stereocenters. The zero-order valence-electron chi connectivity index (χ0n) is 9.54. The lowest BCUT2D eigenvalue weighted by Gasteiger charge is -2.32. The van der Waals surface area contributed by atoms with Gasteiger partial charge < -0.3 is 15.3 Å². The summed E-state index contributed by atoms with van der Waals surface area (Å²) in [5, 5.41) is 11.8. The normalized spacial score (nSPS) is 21.5. The summed E-state index contributed by atoms with van der Waals surface area (Å²) in [7, 11) is 0. The van der Waals surface area contributed by atoms with E-state index in [1.54, 1.807) is 0 Å². The highest BCUT2D eigenvalue weighted by Crippen LogP contribution is 2.18. The number of aliphatic hydroxyl groups is 1. The molecule has 0 aromatic carbocycles. The summed E-state index contributed by atoms with van der Waals surface area (Å²) in [5.74, 6) is 0.483. The fourth-order valence-electron chi connectivity index (χ4n) is 2.01. The van der Waals surface area contributed by atoms with Gasteiger partial charge in [0, 0.05) is 26.2 Å². The number of nitrogens with one attached hydrogen (secondary N) is 1. The van der Waals surface area contributed by atoms with E-state index in [1.807, 2.05) is 11.8 Å². The van der Waals surface area contributed by atoms with E-state index in [-0.39, 0.29) is 12.6 Å². The molecule has 4 heteroatoms. The molecule has 2 amide bonds. The van der Waals surface area contributed by atoms with Crippen molar-refractivity contribution < 1.29 is 9.90 Å². The smallest absolute Gasteiger partial charge is 0.317 e. The molecular formula is C11H22N2O2. The van der Waals surface area contributed by atoms with Gasteiger partial charge in [-0.1, -0.05) is 6.92 Å². The van der Waals surface area contributed by atoms with Gasteiger partial charge in [-0.25, -0.2) is 4.79 Å². The van der Waals surface area contributed by atoms with Crippen LogP contribution in [0.5, 0.6) is 0 Å². The Hall–Kier alpha value is -0.770. The Morgan fingerprint density at radius 1 is 1.60 bits per heavy atom. The molecular weight excluding hydrogens is 192 g/mol. The topological polar surface area (TPSA) is 52.6 Å². The number of rotatable bonds is 4. The van der Waals surface area contributed by atoms with Crippen molar-refractivity contribution in [1.29, 1.82) is 0 Å². The summed E-state index contributed by atoms with van der Waals surface area (Å²) in [6, 6.07) is 0.0551. The van der Waals surface area contributed by atoms with Crippen LogP contribution in [0.4, 0.5) is 4.79 Å². The van der Waals surface area contributed by atoms with Crippen LogP contribution >= 0.6 is 0 Å². The van der Waals surface area contributed by atoms with E-state index < -0.39 is 0 Å². The van der Waals surface area contributed by atoms with Gasteiger partial charge >= 0.3 is 6.03 Å². The lowest BCUT2D eigenvalue weighted by molar-refractivity contribution is 0.150. The molecule has 4 nitrogen and oxygen atoms in total. The third-order valence-electron chi connectivity index (χ3n) is 2.87. The van der Waals surface area contributed by atoms with Crippen LogP contribution in [0.2, 0.25) is 0 Å². The molecule has 88 valence electrons. The maximum absolute atomic E-state index is 11.7. The minimum absolute atomic E-state index is 0.0551. The van der Waals surface area contributed by atoms with E-state index in [1.165, 1.54) is 0 Å². The summed E-state index contributed by atoms with van der Waals surface area (Å²) in [4.78, 5) is 13.5. The predicted octanol–water partition coefficient (Wildman–Crippen LogP) is 1.20. The number of nitrogens with zero attached hydrogens (tertiary/aromatic N) is 1. The highest BCUT2D eigenvalue weighted by molar-refractivity contribution is 5.74.